The molecule has 0 N–H and O–H groups in total. The van der Waals surface area contributed by atoms with Gasteiger partial charge in [-0.05, 0) is 31.7 Å². The molecule has 0 aliphatic carbocycles. The molecule has 3 rings (SSSR count). The van der Waals surface area contributed by atoms with E-state index in [0.717, 1.165) is 56.3 Å². The van der Waals surface area contributed by atoms with Crippen molar-refractivity contribution in [3.05, 3.63) is 41.7 Å². The van der Waals surface area contributed by atoms with E-state index in [9.17, 15) is 4.79 Å². The maximum absolute atomic E-state index is 12.5. The van der Waals surface area contributed by atoms with Gasteiger partial charge >= 0.3 is 0 Å². The van der Waals surface area contributed by atoms with E-state index in [1.54, 1.807) is 0 Å². The van der Waals surface area contributed by atoms with E-state index in [1.165, 1.54) is 30.2 Å². The molecule has 0 unspecified atom stereocenters. The first-order chi connectivity index (χ1) is 12.8. The normalized spacial score (nSPS) is 15.0. The van der Waals surface area contributed by atoms with Crippen LogP contribution in [0.3, 0.4) is 0 Å². The maximum Gasteiger partial charge on any atom is 0.233 e. The van der Waals surface area contributed by atoms with Crippen molar-refractivity contribution in [1.29, 1.82) is 0 Å². The Labute approximate surface area is 160 Å². The monoisotopic (exact) mass is 372 g/mol. The molecule has 2 heterocycles. The average molecular weight is 373 g/mol. The van der Waals surface area contributed by atoms with E-state index >= 15 is 0 Å². The van der Waals surface area contributed by atoms with E-state index in [1.807, 2.05) is 11.0 Å². The zero-order valence-corrected chi connectivity index (χ0v) is 16.4. The fraction of sp³-hybridized carbons (Fsp3) is 0.550. The first-order valence-electron chi connectivity index (χ1n) is 9.64. The third kappa shape index (κ3) is 5.10. The predicted octanol–water partition coefficient (Wildman–Crippen LogP) is 3.58. The number of hydrogen-bond donors (Lipinski definition) is 0. The van der Waals surface area contributed by atoms with E-state index in [4.69, 9.17) is 0 Å². The summed E-state index contributed by atoms with van der Waals surface area (Å²) in [5.74, 6) is 1.69. The molecule has 2 aromatic rings. The van der Waals surface area contributed by atoms with Gasteiger partial charge in [0.15, 0.2) is 5.16 Å². The van der Waals surface area contributed by atoms with Gasteiger partial charge in [-0.2, -0.15) is 0 Å². The lowest BCUT2D eigenvalue weighted by Gasteiger charge is -2.19. The summed E-state index contributed by atoms with van der Waals surface area (Å²) in [7, 11) is 0. The van der Waals surface area contributed by atoms with E-state index in [0.29, 0.717) is 5.75 Å². The molecule has 140 valence electrons. The fourth-order valence-electron chi connectivity index (χ4n) is 3.37. The first-order valence-corrected chi connectivity index (χ1v) is 10.6. The zero-order valence-electron chi connectivity index (χ0n) is 15.6. The predicted molar refractivity (Wildman–Crippen MR) is 105 cm³/mol. The van der Waals surface area contributed by atoms with E-state index < -0.39 is 0 Å². The van der Waals surface area contributed by atoms with Gasteiger partial charge < -0.3 is 9.47 Å². The molecule has 1 amide bonds. The molecule has 6 heteroatoms. The van der Waals surface area contributed by atoms with Crippen LogP contribution in [0.15, 0.2) is 35.5 Å². The molecule has 0 spiro atoms. The summed E-state index contributed by atoms with van der Waals surface area (Å²) in [5.41, 5.74) is 1.31. The number of likely N-dealkylation sites (tertiary alicyclic amines) is 1. The van der Waals surface area contributed by atoms with Crippen molar-refractivity contribution >= 4 is 17.7 Å². The Morgan fingerprint density at radius 2 is 1.77 bits per heavy atom. The highest BCUT2D eigenvalue weighted by Crippen LogP contribution is 2.20. The molecule has 0 atom stereocenters. The standard InChI is InChI=1S/C20H28N4OS/c1-2-24-18(13-12-17-10-6-5-7-11-17)21-22-20(24)26-16-19(25)23-14-8-3-4-9-15-23/h5-7,10-11H,2-4,8-9,12-16H2,1H3. The van der Waals surface area contributed by atoms with Gasteiger partial charge in [-0.15, -0.1) is 10.2 Å². The number of benzene rings is 1. The number of hydrogen-bond acceptors (Lipinski definition) is 4. The number of aryl methyl sites for hydroxylation is 2. The van der Waals surface area contributed by atoms with Crippen LogP contribution >= 0.6 is 11.8 Å². The van der Waals surface area contributed by atoms with Crippen molar-refractivity contribution in [2.24, 2.45) is 0 Å². The van der Waals surface area contributed by atoms with Gasteiger partial charge in [0.25, 0.3) is 0 Å². The van der Waals surface area contributed by atoms with Crippen molar-refractivity contribution in [2.45, 2.75) is 57.1 Å². The van der Waals surface area contributed by atoms with Crippen molar-refractivity contribution in [2.75, 3.05) is 18.8 Å². The van der Waals surface area contributed by atoms with Gasteiger partial charge in [0.2, 0.25) is 5.91 Å². The third-order valence-electron chi connectivity index (χ3n) is 4.87. The lowest BCUT2D eigenvalue weighted by molar-refractivity contribution is -0.128. The van der Waals surface area contributed by atoms with Crippen molar-refractivity contribution in [3.63, 3.8) is 0 Å². The van der Waals surface area contributed by atoms with Crippen LogP contribution in [0.25, 0.3) is 0 Å². The van der Waals surface area contributed by atoms with Crippen LogP contribution in [-0.4, -0.2) is 44.4 Å². The Kier molecular flexibility index (Phi) is 7.12. The smallest absolute Gasteiger partial charge is 0.233 e. The molecule has 0 bridgehead atoms. The van der Waals surface area contributed by atoms with E-state index in [2.05, 4.69) is 46.0 Å². The van der Waals surface area contributed by atoms with Gasteiger partial charge in [0.1, 0.15) is 5.82 Å². The lowest BCUT2D eigenvalue weighted by atomic mass is 10.1. The van der Waals surface area contributed by atoms with Crippen LogP contribution in [0.1, 0.15) is 44.0 Å². The van der Waals surface area contributed by atoms with E-state index in [-0.39, 0.29) is 5.91 Å². The first kappa shape index (κ1) is 19.0. The van der Waals surface area contributed by atoms with Gasteiger partial charge in [0.05, 0.1) is 5.75 Å². The van der Waals surface area contributed by atoms with Crippen molar-refractivity contribution < 1.29 is 4.79 Å². The summed E-state index contributed by atoms with van der Waals surface area (Å²) >= 11 is 1.52. The minimum Gasteiger partial charge on any atom is -0.342 e. The summed E-state index contributed by atoms with van der Waals surface area (Å²) in [6.07, 6.45) is 6.57. The summed E-state index contributed by atoms with van der Waals surface area (Å²) in [5, 5.41) is 9.57. The SMILES string of the molecule is CCn1c(CCc2ccccc2)nnc1SCC(=O)N1CCCCCC1. The number of carbonyl (C=O) groups excluding carboxylic acids is 1. The van der Waals surface area contributed by atoms with Crippen LogP contribution in [0.5, 0.6) is 0 Å². The molecule has 26 heavy (non-hydrogen) atoms. The second kappa shape index (κ2) is 9.76. The van der Waals surface area contributed by atoms with Crippen molar-refractivity contribution in [3.8, 4) is 0 Å². The van der Waals surface area contributed by atoms with Crippen molar-refractivity contribution in [1.82, 2.24) is 19.7 Å². The van der Waals surface area contributed by atoms with Gasteiger partial charge in [-0.25, -0.2) is 0 Å². The van der Waals surface area contributed by atoms with Crippen LogP contribution in [0.2, 0.25) is 0 Å². The number of carbonyl (C=O) groups is 1. The molecule has 0 saturated carbocycles. The zero-order chi connectivity index (χ0) is 18.2. The summed E-state index contributed by atoms with van der Waals surface area (Å²) < 4.78 is 2.14. The fourth-order valence-corrected chi connectivity index (χ4v) is 4.29. The topological polar surface area (TPSA) is 51.0 Å². The van der Waals surface area contributed by atoms with Gasteiger partial charge in [0, 0.05) is 26.1 Å². The Bertz CT molecular complexity index is 693. The number of nitrogens with zero attached hydrogens (tertiary/aromatic N) is 4. The Morgan fingerprint density at radius 1 is 1.04 bits per heavy atom. The quantitative estimate of drug-likeness (QED) is 0.697. The number of rotatable bonds is 7. The van der Waals surface area contributed by atoms with Crippen LogP contribution in [0.4, 0.5) is 0 Å². The second-order valence-electron chi connectivity index (χ2n) is 6.71. The molecule has 1 aliphatic heterocycles. The largest absolute Gasteiger partial charge is 0.342 e. The summed E-state index contributed by atoms with van der Waals surface area (Å²) in [4.78, 5) is 14.5. The second-order valence-corrected chi connectivity index (χ2v) is 7.65. The highest BCUT2D eigenvalue weighted by molar-refractivity contribution is 7.99. The average Bonchev–Trinajstić information content (AvgIpc) is 2.87. The molecular weight excluding hydrogens is 344 g/mol. The molecule has 1 aromatic carbocycles. The molecule has 1 fully saturated rings. The van der Waals surface area contributed by atoms with Gasteiger partial charge in [-0.3, -0.25) is 4.79 Å². The Morgan fingerprint density at radius 3 is 2.46 bits per heavy atom. The molecule has 1 saturated heterocycles. The van der Waals surface area contributed by atoms with Crippen LogP contribution in [0, 0.1) is 0 Å². The Balaban J connectivity index is 1.56. The molecule has 1 aliphatic rings. The number of thioether (sulfide) groups is 1. The molecule has 1 aromatic heterocycles. The van der Waals surface area contributed by atoms with Gasteiger partial charge in [-0.1, -0.05) is 54.9 Å². The molecule has 5 nitrogen and oxygen atoms in total. The lowest BCUT2D eigenvalue weighted by Crippen LogP contribution is -2.33. The molecular formula is C20H28N4OS. The Hall–Kier alpha value is -1.82. The summed E-state index contributed by atoms with van der Waals surface area (Å²) in [6.45, 7) is 4.75. The van der Waals surface area contributed by atoms with Crippen LogP contribution in [-0.2, 0) is 24.2 Å². The molecule has 0 radical (unpaired) electrons. The third-order valence-corrected chi connectivity index (χ3v) is 5.82. The maximum atomic E-state index is 12.5. The minimum atomic E-state index is 0.230. The minimum absolute atomic E-state index is 0.230. The van der Waals surface area contributed by atoms with Crippen LogP contribution < -0.4 is 0 Å². The summed E-state index contributed by atoms with van der Waals surface area (Å²) in [6, 6.07) is 10.4. The number of aromatic nitrogens is 3. The highest BCUT2D eigenvalue weighted by atomic mass is 32.2. The number of amides is 1. The highest BCUT2D eigenvalue weighted by Gasteiger charge is 2.18.